The van der Waals surface area contributed by atoms with E-state index in [0.717, 1.165) is 11.1 Å². The van der Waals surface area contributed by atoms with Crippen molar-refractivity contribution in [1.82, 2.24) is 10.3 Å². The van der Waals surface area contributed by atoms with Crippen LogP contribution in [0.1, 0.15) is 38.3 Å². The molecule has 2 amide bonds. The fourth-order valence-electron chi connectivity index (χ4n) is 3.01. The summed E-state index contributed by atoms with van der Waals surface area (Å²) < 4.78 is 23.0. The van der Waals surface area contributed by atoms with E-state index in [1.54, 1.807) is 0 Å². The Labute approximate surface area is 158 Å². The fraction of sp³-hybridized carbons (Fsp3) is 0.316. The summed E-state index contributed by atoms with van der Waals surface area (Å²) in [6.45, 7) is 3.88. The van der Waals surface area contributed by atoms with Gasteiger partial charge in [-0.2, -0.15) is 0 Å². The van der Waals surface area contributed by atoms with Gasteiger partial charge in [0.05, 0.1) is 22.6 Å². The minimum atomic E-state index is -3.08. The molecule has 0 radical (unpaired) electrons. The summed E-state index contributed by atoms with van der Waals surface area (Å²) in [5, 5.41) is 5.51. The molecule has 1 aromatic heterocycles. The zero-order valence-electron chi connectivity index (χ0n) is 15.2. The molecule has 8 heteroatoms. The molecule has 0 bridgehead atoms. The van der Waals surface area contributed by atoms with Crippen LogP contribution in [-0.2, 0) is 9.84 Å². The van der Waals surface area contributed by atoms with Crippen LogP contribution < -0.4 is 10.6 Å². The molecule has 1 aliphatic heterocycles. The van der Waals surface area contributed by atoms with Crippen molar-refractivity contribution >= 4 is 27.3 Å². The molecule has 2 aromatic rings. The van der Waals surface area contributed by atoms with E-state index in [1.165, 1.54) is 18.5 Å². The minimum absolute atomic E-state index is 0.0565. The van der Waals surface area contributed by atoms with Gasteiger partial charge < -0.3 is 10.6 Å². The first-order chi connectivity index (χ1) is 12.7. The van der Waals surface area contributed by atoms with Crippen molar-refractivity contribution in [3.8, 4) is 0 Å². The fourth-order valence-corrected chi connectivity index (χ4v) is 4.69. The summed E-state index contributed by atoms with van der Waals surface area (Å²) in [4.78, 5) is 28.8. The average molecular weight is 387 g/mol. The summed E-state index contributed by atoms with van der Waals surface area (Å²) in [6, 6.07) is 6.74. The standard InChI is InChI=1S/C19H21N3O4S/c1-12-3-4-17(13(2)7-12)22-19(24)15-8-14(9-20-10-15)18(23)21-16-5-6-27(25,26)11-16/h3-4,7-10,16H,5-6,11H2,1-2H3,(H,21,23)(H,22,24). The molecule has 1 saturated heterocycles. The quantitative estimate of drug-likeness (QED) is 0.833. The number of nitrogens with one attached hydrogen (secondary N) is 2. The van der Waals surface area contributed by atoms with Gasteiger partial charge in [-0.15, -0.1) is 0 Å². The number of hydrogen-bond acceptors (Lipinski definition) is 5. The number of amides is 2. The van der Waals surface area contributed by atoms with Crippen molar-refractivity contribution < 1.29 is 18.0 Å². The number of carbonyl (C=O) groups is 2. The van der Waals surface area contributed by atoms with E-state index in [9.17, 15) is 18.0 Å². The first kappa shape index (κ1) is 19.0. The maximum Gasteiger partial charge on any atom is 0.257 e. The van der Waals surface area contributed by atoms with Crippen LogP contribution in [0.4, 0.5) is 5.69 Å². The summed E-state index contributed by atoms with van der Waals surface area (Å²) in [5.41, 5.74) is 3.19. The number of pyridine rings is 1. The second-order valence-electron chi connectivity index (χ2n) is 6.81. The molecule has 7 nitrogen and oxygen atoms in total. The third kappa shape index (κ3) is 4.71. The zero-order chi connectivity index (χ0) is 19.6. The third-order valence-electron chi connectivity index (χ3n) is 4.46. The predicted molar refractivity (Wildman–Crippen MR) is 103 cm³/mol. The monoisotopic (exact) mass is 387 g/mol. The Morgan fingerprint density at radius 1 is 1.07 bits per heavy atom. The first-order valence-electron chi connectivity index (χ1n) is 8.58. The highest BCUT2D eigenvalue weighted by molar-refractivity contribution is 7.91. The first-order valence-corrected chi connectivity index (χ1v) is 10.4. The molecule has 1 atom stereocenters. The highest BCUT2D eigenvalue weighted by atomic mass is 32.2. The van der Waals surface area contributed by atoms with Crippen molar-refractivity contribution in [2.45, 2.75) is 26.3 Å². The number of benzene rings is 1. The van der Waals surface area contributed by atoms with Gasteiger partial charge in [0.15, 0.2) is 9.84 Å². The van der Waals surface area contributed by atoms with Gasteiger partial charge in [-0.05, 0) is 38.0 Å². The molecule has 1 fully saturated rings. The van der Waals surface area contributed by atoms with Crippen LogP contribution in [0.25, 0.3) is 0 Å². The van der Waals surface area contributed by atoms with Gasteiger partial charge in [0.2, 0.25) is 0 Å². The number of aromatic nitrogens is 1. The van der Waals surface area contributed by atoms with Crippen LogP contribution in [0.3, 0.4) is 0 Å². The number of sulfone groups is 1. The van der Waals surface area contributed by atoms with E-state index in [-0.39, 0.29) is 28.5 Å². The van der Waals surface area contributed by atoms with Crippen molar-refractivity contribution in [2.75, 3.05) is 16.8 Å². The predicted octanol–water partition coefficient (Wildman–Crippen LogP) is 1.87. The van der Waals surface area contributed by atoms with Crippen molar-refractivity contribution in [3.63, 3.8) is 0 Å². The van der Waals surface area contributed by atoms with Gasteiger partial charge in [-0.1, -0.05) is 17.7 Å². The van der Waals surface area contributed by atoms with E-state index in [1.807, 2.05) is 32.0 Å². The van der Waals surface area contributed by atoms with Gasteiger partial charge >= 0.3 is 0 Å². The van der Waals surface area contributed by atoms with Gasteiger partial charge in [-0.3, -0.25) is 14.6 Å². The SMILES string of the molecule is Cc1ccc(NC(=O)c2cncc(C(=O)NC3CCS(=O)(=O)C3)c2)c(C)c1. The van der Waals surface area contributed by atoms with Crippen LogP contribution in [0.5, 0.6) is 0 Å². The Kier molecular flexibility index (Phi) is 5.27. The normalized spacial score (nSPS) is 18.1. The van der Waals surface area contributed by atoms with Crippen LogP contribution in [0, 0.1) is 13.8 Å². The number of aryl methyl sites for hydroxylation is 2. The molecule has 1 aromatic carbocycles. The second kappa shape index (κ2) is 7.48. The molecule has 2 heterocycles. The number of anilines is 1. The Hall–Kier alpha value is -2.74. The van der Waals surface area contributed by atoms with Gasteiger partial charge in [0, 0.05) is 24.1 Å². The van der Waals surface area contributed by atoms with E-state index >= 15 is 0 Å². The highest BCUT2D eigenvalue weighted by Crippen LogP contribution is 2.17. The Balaban J connectivity index is 1.71. The molecule has 0 aliphatic carbocycles. The summed E-state index contributed by atoms with van der Waals surface area (Å²) in [5.74, 6) is -0.786. The number of carbonyl (C=O) groups excluding carboxylic acids is 2. The van der Waals surface area contributed by atoms with Crippen molar-refractivity contribution in [1.29, 1.82) is 0 Å². The largest absolute Gasteiger partial charge is 0.348 e. The smallest absolute Gasteiger partial charge is 0.257 e. The Bertz CT molecular complexity index is 1000. The van der Waals surface area contributed by atoms with Gasteiger partial charge in [0.25, 0.3) is 11.8 Å². The third-order valence-corrected chi connectivity index (χ3v) is 6.23. The highest BCUT2D eigenvalue weighted by Gasteiger charge is 2.29. The summed E-state index contributed by atoms with van der Waals surface area (Å²) >= 11 is 0. The Morgan fingerprint density at radius 3 is 2.41 bits per heavy atom. The summed E-state index contributed by atoms with van der Waals surface area (Å²) in [7, 11) is -3.08. The average Bonchev–Trinajstić information content (AvgIpc) is 2.96. The molecule has 2 N–H and O–H groups in total. The van der Waals surface area contributed by atoms with E-state index in [4.69, 9.17) is 0 Å². The lowest BCUT2D eigenvalue weighted by atomic mass is 10.1. The van der Waals surface area contributed by atoms with Crippen molar-refractivity contribution in [3.05, 3.63) is 58.9 Å². The van der Waals surface area contributed by atoms with Crippen molar-refractivity contribution in [2.24, 2.45) is 0 Å². The van der Waals surface area contributed by atoms with Crippen LogP contribution >= 0.6 is 0 Å². The number of hydrogen-bond donors (Lipinski definition) is 2. The van der Waals surface area contributed by atoms with E-state index < -0.39 is 21.8 Å². The van der Waals surface area contributed by atoms with E-state index in [0.29, 0.717) is 12.1 Å². The zero-order valence-corrected chi connectivity index (χ0v) is 16.0. The minimum Gasteiger partial charge on any atom is -0.348 e. The topological polar surface area (TPSA) is 105 Å². The lowest BCUT2D eigenvalue weighted by Gasteiger charge is -2.12. The van der Waals surface area contributed by atoms with Gasteiger partial charge in [0.1, 0.15) is 0 Å². The van der Waals surface area contributed by atoms with Crippen LogP contribution in [0.2, 0.25) is 0 Å². The molecule has 142 valence electrons. The van der Waals surface area contributed by atoms with Gasteiger partial charge in [-0.25, -0.2) is 8.42 Å². The second-order valence-corrected chi connectivity index (χ2v) is 9.04. The lowest BCUT2D eigenvalue weighted by Crippen LogP contribution is -2.35. The Morgan fingerprint density at radius 2 is 1.78 bits per heavy atom. The molecular formula is C19H21N3O4S. The number of rotatable bonds is 4. The summed E-state index contributed by atoms with van der Waals surface area (Å²) in [6.07, 6.45) is 3.14. The van der Waals surface area contributed by atoms with Crippen LogP contribution in [-0.4, -0.2) is 42.8 Å². The van der Waals surface area contributed by atoms with E-state index in [2.05, 4.69) is 15.6 Å². The van der Waals surface area contributed by atoms with Crippen LogP contribution in [0.15, 0.2) is 36.7 Å². The lowest BCUT2D eigenvalue weighted by molar-refractivity contribution is 0.0940. The maximum atomic E-state index is 12.5. The molecular weight excluding hydrogens is 366 g/mol. The molecule has 3 rings (SSSR count). The molecule has 1 aliphatic rings. The molecule has 1 unspecified atom stereocenters. The molecule has 0 spiro atoms. The number of nitrogens with zero attached hydrogens (tertiary/aromatic N) is 1. The maximum absolute atomic E-state index is 12.5. The molecule has 0 saturated carbocycles. The molecule has 27 heavy (non-hydrogen) atoms.